The highest BCUT2D eigenvalue weighted by Crippen LogP contribution is 2.19. The SMILES string of the molecule is CC(=O)N(C)C(CC(=O)C(C)(C)C)C(=O)NCCN(C)C. The lowest BCUT2D eigenvalue weighted by Gasteiger charge is -2.28. The van der Waals surface area contributed by atoms with Gasteiger partial charge in [-0.05, 0) is 14.1 Å². The number of hydrogen-bond donors (Lipinski definition) is 1. The number of rotatable bonds is 7. The molecular weight excluding hydrogens is 270 g/mol. The summed E-state index contributed by atoms with van der Waals surface area (Å²) >= 11 is 0. The van der Waals surface area contributed by atoms with Crippen molar-refractivity contribution in [2.45, 2.75) is 40.2 Å². The predicted octanol–water partition coefficient (Wildman–Crippen LogP) is 0.516. The Morgan fingerprint density at radius 1 is 1.10 bits per heavy atom. The minimum atomic E-state index is -0.753. The summed E-state index contributed by atoms with van der Waals surface area (Å²) in [4.78, 5) is 39.2. The van der Waals surface area contributed by atoms with Gasteiger partial charge >= 0.3 is 0 Å². The van der Waals surface area contributed by atoms with Crippen LogP contribution in [0.15, 0.2) is 0 Å². The molecule has 0 radical (unpaired) electrons. The van der Waals surface area contributed by atoms with Crippen molar-refractivity contribution in [2.24, 2.45) is 5.41 Å². The van der Waals surface area contributed by atoms with Crippen LogP contribution in [0.4, 0.5) is 0 Å². The molecule has 0 spiro atoms. The van der Waals surface area contributed by atoms with Crippen molar-refractivity contribution in [3.63, 3.8) is 0 Å². The van der Waals surface area contributed by atoms with Gasteiger partial charge in [0, 0.05) is 38.9 Å². The Kier molecular flexibility index (Phi) is 7.57. The third-order valence-corrected chi connectivity index (χ3v) is 3.34. The van der Waals surface area contributed by atoms with E-state index in [4.69, 9.17) is 0 Å². The van der Waals surface area contributed by atoms with Crippen LogP contribution in [0.5, 0.6) is 0 Å². The summed E-state index contributed by atoms with van der Waals surface area (Å²) in [6, 6.07) is -0.753. The second kappa shape index (κ2) is 8.12. The number of nitrogens with zero attached hydrogens (tertiary/aromatic N) is 2. The molecule has 0 aliphatic rings. The molecule has 1 atom stereocenters. The smallest absolute Gasteiger partial charge is 0.243 e. The molecule has 6 heteroatoms. The third-order valence-electron chi connectivity index (χ3n) is 3.34. The van der Waals surface area contributed by atoms with Gasteiger partial charge < -0.3 is 15.1 Å². The van der Waals surface area contributed by atoms with E-state index in [1.807, 2.05) is 39.8 Å². The average Bonchev–Trinajstić information content (AvgIpc) is 2.32. The van der Waals surface area contributed by atoms with E-state index in [1.165, 1.54) is 11.8 Å². The van der Waals surface area contributed by atoms with Crippen LogP contribution in [0, 0.1) is 5.41 Å². The summed E-state index contributed by atoms with van der Waals surface area (Å²) in [6.45, 7) is 8.01. The zero-order valence-corrected chi connectivity index (χ0v) is 14.3. The van der Waals surface area contributed by atoms with Crippen LogP contribution in [0.25, 0.3) is 0 Å². The van der Waals surface area contributed by atoms with Crippen molar-refractivity contribution in [1.29, 1.82) is 0 Å². The van der Waals surface area contributed by atoms with Gasteiger partial charge in [0.05, 0.1) is 0 Å². The summed E-state index contributed by atoms with van der Waals surface area (Å²) in [7, 11) is 5.37. The van der Waals surface area contributed by atoms with Crippen LogP contribution in [-0.2, 0) is 14.4 Å². The second-order valence-electron chi connectivity index (χ2n) is 6.62. The van der Waals surface area contributed by atoms with Crippen molar-refractivity contribution in [3.8, 4) is 0 Å². The second-order valence-corrected chi connectivity index (χ2v) is 6.62. The molecule has 0 aliphatic heterocycles. The van der Waals surface area contributed by atoms with Gasteiger partial charge in [-0.3, -0.25) is 14.4 Å². The molecule has 0 rings (SSSR count). The maximum Gasteiger partial charge on any atom is 0.243 e. The van der Waals surface area contributed by atoms with E-state index in [-0.39, 0.29) is 24.0 Å². The maximum absolute atomic E-state index is 12.3. The normalized spacial score (nSPS) is 13.0. The Morgan fingerprint density at radius 3 is 2.00 bits per heavy atom. The molecule has 0 aromatic heterocycles. The molecule has 0 aromatic rings. The lowest BCUT2D eigenvalue weighted by molar-refractivity contribution is -0.140. The predicted molar refractivity (Wildman–Crippen MR) is 82.9 cm³/mol. The lowest BCUT2D eigenvalue weighted by atomic mass is 9.86. The van der Waals surface area contributed by atoms with Gasteiger partial charge in [-0.1, -0.05) is 20.8 Å². The van der Waals surface area contributed by atoms with Crippen molar-refractivity contribution >= 4 is 17.6 Å². The fourth-order valence-electron chi connectivity index (χ4n) is 1.63. The Labute approximate surface area is 127 Å². The first-order valence-corrected chi connectivity index (χ1v) is 7.16. The average molecular weight is 299 g/mol. The number of carbonyl (C=O) groups excluding carboxylic acids is 3. The van der Waals surface area contributed by atoms with Crippen LogP contribution in [0.1, 0.15) is 34.1 Å². The number of likely N-dealkylation sites (N-methyl/N-ethyl adjacent to an activating group) is 2. The lowest BCUT2D eigenvalue weighted by Crippen LogP contribution is -2.50. The van der Waals surface area contributed by atoms with Crippen molar-refractivity contribution in [2.75, 3.05) is 34.2 Å². The Bertz CT molecular complexity index is 386. The molecule has 0 saturated heterocycles. The zero-order chi connectivity index (χ0) is 16.8. The van der Waals surface area contributed by atoms with Crippen LogP contribution < -0.4 is 5.32 Å². The van der Waals surface area contributed by atoms with Crippen LogP contribution >= 0.6 is 0 Å². The van der Waals surface area contributed by atoms with E-state index >= 15 is 0 Å². The molecule has 6 nitrogen and oxygen atoms in total. The molecule has 0 saturated carbocycles. The zero-order valence-electron chi connectivity index (χ0n) is 14.3. The Morgan fingerprint density at radius 2 is 1.62 bits per heavy atom. The summed E-state index contributed by atoms with van der Waals surface area (Å²) < 4.78 is 0. The van der Waals surface area contributed by atoms with Crippen LogP contribution in [0.2, 0.25) is 0 Å². The van der Waals surface area contributed by atoms with E-state index in [2.05, 4.69) is 5.32 Å². The first-order valence-electron chi connectivity index (χ1n) is 7.16. The van der Waals surface area contributed by atoms with Crippen LogP contribution in [-0.4, -0.2) is 67.7 Å². The topological polar surface area (TPSA) is 69.7 Å². The fraction of sp³-hybridized carbons (Fsp3) is 0.800. The minimum Gasteiger partial charge on any atom is -0.353 e. The first-order chi connectivity index (χ1) is 9.46. The molecular formula is C15H29N3O3. The molecule has 0 aromatic carbocycles. The molecule has 1 N–H and O–H groups in total. The number of amides is 2. The molecule has 1 unspecified atom stereocenters. The highest BCUT2D eigenvalue weighted by Gasteiger charge is 2.31. The fourth-order valence-corrected chi connectivity index (χ4v) is 1.63. The number of hydrogen-bond acceptors (Lipinski definition) is 4. The van der Waals surface area contributed by atoms with Gasteiger partial charge in [0.15, 0.2) is 0 Å². The number of Topliss-reactive ketones (excluding diaryl/α,β-unsaturated/α-hetero) is 1. The quantitative estimate of drug-likeness (QED) is 0.744. The maximum atomic E-state index is 12.3. The molecule has 0 bridgehead atoms. The monoisotopic (exact) mass is 299 g/mol. The molecule has 2 amide bonds. The molecule has 122 valence electrons. The van der Waals surface area contributed by atoms with Crippen molar-refractivity contribution < 1.29 is 14.4 Å². The molecule has 0 aliphatic carbocycles. The third kappa shape index (κ3) is 7.22. The molecule has 0 heterocycles. The van der Waals surface area contributed by atoms with E-state index in [1.54, 1.807) is 7.05 Å². The molecule has 21 heavy (non-hydrogen) atoms. The number of carbonyl (C=O) groups is 3. The highest BCUT2D eigenvalue weighted by atomic mass is 16.2. The number of ketones is 1. The van der Waals surface area contributed by atoms with Gasteiger partial charge in [0.1, 0.15) is 11.8 Å². The largest absolute Gasteiger partial charge is 0.353 e. The van der Waals surface area contributed by atoms with Gasteiger partial charge in [-0.2, -0.15) is 0 Å². The Balaban J connectivity index is 4.86. The van der Waals surface area contributed by atoms with Gasteiger partial charge in [-0.25, -0.2) is 0 Å². The van der Waals surface area contributed by atoms with E-state index in [0.29, 0.717) is 13.1 Å². The van der Waals surface area contributed by atoms with Gasteiger partial charge in [0.25, 0.3) is 0 Å². The summed E-state index contributed by atoms with van der Waals surface area (Å²) in [5.74, 6) is -0.556. The highest BCUT2D eigenvalue weighted by molar-refractivity contribution is 5.93. The van der Waals surface area contributed by atoms with Gasteiger partial charge in [0.2, 0.25) is 11.8 Å². The van der Waals surface area contributed by atoms with Crippen molar-refractivity contribution in [1.82, 2.24) is 15.1 Å². The standard InChI is InChI=1S/C15H29N3O3/c1-11(19)18(7)12(10-13(20)15(2,3)4)14(21)16-8-9-17(5)6/h12H,8-10H2,1-7H3,(H,16,21). The minimum absolute atomic E-state index is 0.0351. The molecule has 0 fully saturated rings. The number of nitrogens with one attached hydrogen (secondary N) is 1. The van der Waals surface area contributed by atoms with Crippen molar-refractivity contribution in [3.05, 3.63) is 0 Å². The summed E-state index contributed by atoms with van der Waals surface area (Å²) in [5.41, 5.74) is -0.528. The van der Waals surface area contributed by atoms with E-state index in [9.17, 15) is 14.4 Å². The van der Waals surface area contributed by atoms with E-state index < -0.39 is 11.5 Å². The van der Waals surface area contributed by atoms with Gasteiger partial charge in [-0.15, -0.1) is 0 Å². The van der Waals surface area contributed by atoms with E-state index in [0.717, 1.165) is 0 Å². The summed E-state index contributed by atoms with van der Waals surface area (Å²) in [6.07, 6.45) is 0.0351. The first kappa shape index (κ1) is 19.6. The Hall–Kier alpha value is -1.43. The summed E-state index contributed by atoms with van der Waals surface area (Å²) in [5, 5.41) is 2.78. The van der Waals surface area contributed by atoms with Crippen LogP contribution in [0.3, 0.4) is 0 Å².